The number of amides is 1. The number of halogens is 1. The Morgan fingerprint density at radius 2 is 1.49 bits per heavy atom. The SMILES string of the molecule is O=C(CSc1nnc(-c2ccccc2Cl)n1-c1ccccc1)N1CCN(Cc2ccccc2)CC1. The average Bonchev–Trinajstić information content (AvgIpc) is 3.33. The van der Waals surface area contributed by atoms with Crippen molar-refractivity contribution in [3.63, 3.8) is 0 Å². The molecule has 8 heteroatoms. The Hall–Kier alpha value is -3.13. The molecule has 5 rings (SSSR count). The lowest BCUT2D eigenvalue weighted by Crippen LogP contribution is -2.48. The minimum atomic E-state index is 0.122. The number of para-hydroxylation sites is 1. The average molecular weight is 504 g/mol. The molecule has 35 heavy (non-hydrogen) atoms. The predicted molar refractivity (Wildman–Crippen MR) is 141 cm³/mol. The van der Waals surface area contributed by atoms with Gasteiger partial charge in [0.05, 0.1) is 10.8 Å². The highest BCUT2D eigenvalue weighted by Gasteiger charge is 2.23. The molecule has 0 atom stereocenters. The van der Waals surface area contributed by atoms with Crippen LogP contribution >= 0.6 is 23.4 Å². The summed E-state index contributed by atoms with van der Waals surface area (Å²) in [6.45, 7) is 4.15. The number of rotatable bonds is 7. The van der Waals surface area contributed by atoms with Gasteiger partial charge < -0.3 is 4.90 Å². The second-order valence-corrected chi connectivity index (χ2v) is 9.74. The van der Waals surface area contributed by atoms with Gasteiger partial charge >= 0.3 is 0 Å². The van der Waals surface area contributed by atoms with E-state index in [1.54, 1.807) is 0 Å². The van der Waals surface area contributed by atoms with Crippen LogP contribution in [0.2, 0.25) is 5.02 Å². The summed E-state index contributed by atoms with van der Waals surface area (Å²) >= 11 is 7.88. The molecule has 6 nitrogen and oxygen atoms in total. The summed E-state index contributed by atoms with van der Waals surface area (Å²) in [7, 11) is 0. The molecule has 4 aromatic rings. The summed E-state index contributed by atoms with van der Waals surface area (Å²) < 4.78 is 1.97. The van der Waals surface area contributed by atoms with Crippen molar-refractivity contribution in [2.45, 2.75) is 11.7 Å². The van der Waals surface area contributed by atoms with E-state index in [9.17, 15) is 4.79 Å². The molecule has 0 spiro atoms. The summed E-state index contributed by atoms with van der Waals surface area (Å²) in [4.78, 5) is 17.4. The van der Waals surface area contributed by atoms with Crippen LogP contribution in [0, 0.1) is 0 Å². The zero-order chi connectivity index (χ0) is 24.0. The maximum Gasteiger partial charge on any atom is 0.233 e. The quantitative estimate of drug-likeness (QED) is 0.331. The van der Waals surface area contributed by atoms with Gasteiger partial charge in [0.2, 0.25) is 5.91 Å². The van der Waals surface area contributed by atoms with Crippen molar-refractivity contribution in [2.24, 2.45) is 0 Å². The lowest BCUT2D eigenvalue weighted by atomic mass is 10.2. The summed E-state index contributed by atoms with van der Waals surface area (Å²) in [5.74, 6) is 1.09. The highest BCUT2D eigenvalue weighted by Crippen LogP contribution is 2.32. The van der Waals surface area contributed by atoms with Crippen LogP contribution in [-0.4, -0.2) is 62.4 Å². The van der Waals surface area contributed by atoms with Gasteiger partial charge in [-0.1, -0.05) is 84.0 Å². The smallest absolute Gasteiger partial charge is 0.233 e. The summed E-state index contributed by atoms with van der Waals surface area (Å²) in [6.07, 6.45) is 0. The fraction of sp³-hybridized carbons (Fsp3) is 0.222. The fourth-order valence-electron chi connectivity index (χ4n) is 4.20. The van der Waals surface area contributed by atoms with Crippen molar-refractivity contribution < 1.29 is 4.79 Å². The molecule has 1 aliphatic rings. The predicted octanol–water partition coefficient (Wildman–Crippen LogP) is 5.02. The summed E-state index contributed by atoms with van der Waals surface area (Å²) in [5.41, 5.74) is 3.03. The minimum Gasteiger partial charge on any atom is -0.339 e. The second kappa shape index (κ2) is 11.1. The van der Waals surface area contributed by atoms with Crippen LogP contribution in [-0.2, 0) is 11.3 Å². The molecule has 1 amide bonds. The highest BCUT2D eigenvalue weighted by atomic mass is 35.5. The third kappa shape index (κ3) is 5.59. The van der Waals surface area contributed by atoms with Gasteiger partial charge in [-0.25, -0.2) is 0 Å². The van der Waals surface area contributed by atoms with Crippen molar-refractivity contribution in [1.82, 2.24) is 24.6 Å². The van der Waals surface area contributed by atoms with E-state index in [1.165, 1.54) is 17.3 Å². The van der Waals surface area contributed by atoms with Crippen LogP contribution in [0.1, 0.15) is 5.56 Å². The van der Waals surface area contributed by atoms with Gasteiger partial charge in [-0.2, -0.15) is 0 Å². The molecule has 1 aromatic heterocycles. The number of carbonyl (C=O) groups excluding carboxylic acids is 1. The van der Waals surface area contributed by atoms with Gasteiger partial charge in [0, 0.05) is 44.0 Å². The van der Waals surface area contributed by atoms with E-state index in [0.717, 1.165) is 44.0 Å². The molecule has 1 saturated heterocycles. The number of piperazine rings is 1. The van der Waals surface area contributed by atoms with Crippen LogP contribution in [0.25, 0.3) is 17.1 Å². The molecule has 0 N–H and O–H groups in total. The van der Waals surface area contributed by atoms with E-state index in [4.69, 9.17) is 11.6 Å². The first-order chi connectivity index (χ1) is 17.2. The fourth-order valence-corrected chi connectivity index (χ4v) is 5.28. The van der Waals surface area contributed by atoms with E-state index in [-0.39, 0.29) is 5.91 Å². The summed E-state index contributed by atoms with van der Waals surface area (Å²) in [6, 6.07) is 28.0. The lowest BCUT2D eigenvalue weighted by Gasteiger charge is -2.34. The number of benzene rings is 3. The molecule has 0 unspecified atom stereocenters. The zero-order valence-corrected chi connectivity index (χ0v) is 20.8. The molecule has 0 bridgehead atoms. The third-order valence-electron chi connectivity index (χ3n) is 6.06. The van der Waals surface area contributed by atoms with Crippen molar-refractivity contribution in [2.75, 3.05) is 31.9 Å². The number of thioether (sulfide) groups is 1. The largest absolute Gasteiger partial charge is 0.339 e. The van der Waals surface area contributed by atoms with Gasteiger partial charge in [0.15, 0.2) is 11.0 Å². The Bertz CT molecular complexity index is 1270. The van der Waals surface area contributed by atoms with Crippen LogP contribution in [0.5, 0.6) is 0 Å². The van der Waals surface area contributed by atoms with E-state index < -0.39 is 0 Å². The number of aromatic nitrogens is 3. The van der Waals surface area contributed by atoms with Gasteiger partial charge in [0.25, 0.3) is 0 Å². The first kappa shape index (κ1) is 23.6. The Labute approximate surface area is 214 Å². The Kier molecular flexibility index (Phi) is 7.47. The molecule has 178 valence electrons. The number of hydrogen-bond acceptors (Lipinski definition) is 5. The highest BCUT2D eigenvalue weighted by molar-refractivity contribution is 7.99. The van der Waals surface area contributed by atoms with Crippen LogP contribution in [0.3, 0.4) is 0 Å². The molecule has 2 heterocycles. The first-order valence-electron chi connectivity index (χ1n) is 11.6. The van der Waals surface area contributed by atoms with Crippen molar-refractivity contribution in [3.8, 4) is 17.1 Å². The Morgan fingerprint density at radius 1 is 0.829 bits per heavy atom. The molecular formula is C27H26ClN5OS. The maximum atomic E-state index is 13.0. The monoisotopic (exact) mass is 503 g/mol. The Morgan fingerprint density at radius 3 is 2.20 bits per heavy atom. The van der Waals surface area contributed by atoms with Gasteiger partial charge in [0.1, 0.15) is 0 Å². The molecule has 3 aromatic carbocycles. The van der Waals surface area contributed by atoms with Crippen molar-refractivity contribution in [3.05, 3.63) is 95.5 Å². The normalized spacial score (nSPS) is 14.3. The Balaban J connectivity index is 1.26. The van der Waals surface area contributed by atoms with E-state index in [1.807, 2.05) is 70.1 Å². The van der Waals surface area contributed by atoms with Gasteiger partial charge in [-0.15, -0.1) is 10.2 Å². The standard InChI is InChI=1S/C27H26ClN5OS/c28-24-14-8-7-13-23(24)26-29-30-27(33(26)22-11-5-2-6-12-22)35-20-25(34)32-17-15-31(16-18-32)19-21-9-3-1-4-10-21/h1-14H,15-20H2. The van der Waals surface area contributed by atoms with Gasteiger partial charge in [-0.3, -0.25) is 14.3 Å². The molecule has 1 aliphatic heterocycles. The molecular weight excluding hydrogens is 478 g/mol. The topological polar surface area (TPSA) is 54.3 Å². The molecule has 0 saturated carbocycles. The molecule has 0 aliphatic carbocycles. The van der Waals surface area contributed by atoms with Crippen LogP contribution < -0.4 is 0 Å². The number of hydrogen-bond donors (Lipinski definition) is 0. The summed E-state index contributed by atoms with van der Waals surface area (Å²) in [5, 5.41) is 10.1. The third-order valence-corrected chi connectivity index (χ3v) is 7.30. The lowest BCUT2D eigenvalue weighted by molar-refractivity contribution is -0.130. The number of carbonyl (C=O) groups is 1. The maximum absolute atomic E-state index is 13.0. The minimum absolute atomic E-state index is 0.122. The van der Waals surface area contributed by atoms with Crippen molar-refractivity contribution >= 4 is 29.3 Å². The molecule has 0 radical (unpaired) electrons. The van der Waals surface area contributed by atoms with Crippen LogP contribution in [0.15, 0.2) is 90.1 Å². The molecule has 1 fully saturated rings. The number of nitrogens with zero attached hydrogens (tertiary/aromatic N) is 5. The van der Waals surface area contributed by atoms with Crippen molar-refractivity contribution in [1.29, 1.82) is 0 Å². The van der Waals surface area contributed by atoms with E-state index in [2.05, 4.69) is 39.4 Å². The van der Waals surface area contributed by atoms with E-state index >= 15 is 0 Å². The van der Waals surface area contributed by atoms with Gasteiger partial charge in [-0.05, 0) is 29.8 Å². The zero-order valence-electron chi connectivity index (χ0n) is 19.3. The second-order valence-electron chi connectivity index (χ2n) is 8.39. The van der Waals surface area contributed by atoms with E-state index in [0.29, 0.717) is 21.8 Å². The first-order valence-corrected chi connectivity index (χ1v) is 13.0. The van der Waals surface area contributed by atoms with Crippen LogP contribution in [0.4, 0.5) is 0 Å².